The second-order valence-corrected chi connectivity index (χ2v) is 5.37. The summed E-state index contributed by atoms with van der Waals surface area (Å²) >= 11 is 0. The molecule has 0 amide bonds. The normalized spacial score (nSPS) is 19.6. The van der Waals surface area contributed by atoms with Crippen LogP contribution in [0, 0.1) is 6.92 Å². The number of benzene rings is 1. The van der Waals surface area contributed by atoms with Crippen LogP contribution in [0.2, 0.25) is 0 Å². The lowest BCUT2D eigenvalue weighted by Gasteiger charge is -2.24. The van der Waals surface area contributed by atoms with Gasteiger partial charge in [-0.2, -0.15) is 0 Å². The first kappa shape index (κ1) is 12.8. The van der Waals surface area contributed by atoms with Crippen LogP contribution in [0.4, 0.5) is 0 Å². The minimum atomic E-state index is -0.399. The van der Waals surface area contributed by atoms with E-state index in [0.717, 1.165) is 17.6 Å². The highest BCUT2D eigenvalue weighted by Crippen LogP contribution is 2.27. The van der Waals surface area contributed by atoms with Gasteiger partial charge in [-0.25, -0.2) is 4.98 Å². The number of rotatable bonds is 1. The Labute approximate surface area is 116 Å². The largest absolute Gasteiger partial charge is 0.297 e. The molecule has 1 heterocycles. The Hall–Kier alpha value is -2.23. The van der Waals surface area contributed by atoms with Crippen LogP contribution in [0.15, 0.2) is 41.5 Å². The summed E-state index contributed by atoms with van der Waals surface area (Å²) in [5.41, 5.74) is 2.39. The molecule has 1 aromatic carbocycles. The molecule has 1 atom stereocenters. The molecule has 20 heavy (non-hydrogen) atoms. The van der Waals surface area contributed by atoms with Gasteiger partial charge in [0.15, 0.2) is 5.78 Å². The quantitative estimate of drug-likeness (QED) is 0.747. The van der Waals surface area contributed by atoms with E-state index in [1.165, 1.54) is 10.9 Å². The highest BCUT2D eigenvalue weighted by molar-refractivity contribution is 5.86. The van der Waals surface area contributed by atoms with Gasteiger partial charge in [0.25, 0.3) is 5.56 Å². The molecule has 0 N–H and O–H groups in total. The predicted molar refractivity (Wildman–Crippen MR) is 77.8 cm³/mol. The van der Waals surface area contributed by atoms with Crippen LogP contribution >= 0.6 is 0 Å². The molecule has 102 valence electrons. The fourth-order valence-electron chi connectivity index (χ4n) is 2.81. The van der Waals surface area contributed by atoms with Crippen LogP contribution < -0.4 is 5.56 Å². The van der Waals surface area contributed by atoms with Crippen LogP contribution in [-0.2, 0) is 4.79 Å². The smallest absolute Gasteiger partial charge is 0.262 e. The van der Waals surface area contributed by atoms with Gasteiger partial charge in [0, 0.05) is 6.42 Å². The van der Waals surface area contributed by atoms with Crippen molar-refractivity contribution in [2.75, 3.05) is 0 Å². The molecular weight excluding hydrogens is 252 g/mol. The van der Waals surface area contributed by atoms with Crippen molar-refractivity contribution in [1.82, 2.24) is 9.55 Å². The maximum absolute atomic E-state index is 12.6. The molecule has 0 radical (unpaired) electrons. The fraction of sp³-hybridized carbons (Fsp3) is 0.312. The van der Waals surface area contributed by atoms with Gasteiger partial charge in [-0.05, 0) is 31.4 Å². The Balaban J connectivity index is 2.16. The standard InChI is InChI=1S/C16H16N2O2/c1-10-6-7-13(14(19)8-10)18-9-17-12-5-3-4-11(2)15(12)16(18)20/h3-5,9,13H,1,6-8H2,2H3. The van der Waals surface area contributed by atoms with Gasteiger partial charge in [-0.3, -0.25) is 14.2 Å². The summed E-state index contributed by atoms with van der Waals surface area (Å²) in [7, 11) is 0. The Bertz CT molecular complexity index is 774. The van der Waals surface area contributed by atoms with Crippen LogP contribution in [-0.4, -0.2) is 15.3 Å². The zero-order valence-electron chi connectivity index (χ0n) is 11.4. The molecule has 0 spiro atoms. The number of carbonyl (C=O) groups excluding carboxylic acids is 1. The average Bonchev–Trinajstić information content (AvgIpc) is 2.40. The number of ketones is 1. The Morgan fingerprint density at radius 1 is 1.35 bits per heavy atom. The fourth-order valence-corrected chi connectivity index (χ4v) is 2.81. The summed E-state index contributed by atoms with van der Waals surface area (Å²) in [4.78, 5) is 29.1. The summed E-state index contributed by atoms with van der Waals surface area (Å²) in [6.07, 6.45) is 3.29. The second-order valence-electron chi connectivity index (χ2n) is 5.37. The van der Waals surface area contributed by atoms with Crippen LogP contribution in [0.1, 0.15) is 30.9 Å². The van der Waals surface area contributed by atoms with Gasteiger partial charge >= 0.3 is 0 Å². The highest BCUT2D eigenvalue weighted by Gasteiger charge is 2.27. The van der Waals surface area contributed by atoms with Crippen molar-refractivity contribution in [2.45, 2.75) is 32.2 Å². The number of hydrogen-bond donors (Lipinski definition) is 0. The van der Waals surface area contributed by atoms with Crippen LogP contribution in [0.25, 0.3) is 10.9 Å². The Kier molecular flexibility index (Phi) is 3.01. The lowest BCUT2D eigenvalue weighted by atomic mass is 9.90. The molecule has 0 aliphatic heterocycles. The number of fused-ring (bicyclic) bond motifs is 1. The van der Waals surface area contributed by atoms with Gasteiger partial charge in [0.05, 0.1) is 23.3 Å². The van der Waals surface area contributed by atoms with Crippen molar-refractivity contribution in [1.29, 1.82) is 0 Å². The number of aromatic nitrogens is 2. The third kappa shape index (κ3) is 1.97. The summed E-state index contributed by atoms with van der Waals surface area (Å²) in [6.45, 7) is 5.74. The third-order valence-corrected chi connectivity index (χ3v) is 3.92. The Morgan fingerprint density at radius 3 is 2.90 bits per heavy atom. The molecule has 1 aliphatic carbocycles. The third-order valence-electron chi connectivity index (χ3n) is 3.92. The first-order valence-corrected chi connectivity index (χ1v) is 6.74. The van der Waals surface area contributed by atoms with Gasteiger partial charge in [0.2, 0.25) is 0 Å². The zero-order chi connectivity index (χ0) is 14.3. The zero-order valence-corrected chi connectivity index (χ0v) is 11.4. The lowest BCUT2D eigenvalue weighted by molar-refractivity contribution is -0.122. The minimum Gasteiger partial charge on any atom is -0.297 e. The summed E-state index contributed by atoms with van der Waals surface area (Å²) < 4.78 is 1.49. The van der Waals surface area contributed by atoms with Crippen molar-refractivity contribution in [3.05, 3.63) is 52.6 Å². The maximum atomic E-state index is 12.6. The van der Waals surface area contributed by atoms with E-state index in [9.17, 15) is 9.59 Å². The van der Waals surface area contributed by atoms with Gasteiger partial charge in [-0.1, -0.05) is 24.3 Å². The van der Waals surface area contributed by atoms with E-state index in [0.29, 0.717) is 23.7 Å². The van der Waals surface area contributed by atoms with Crippen LogP contribution in [0.3, 0.4) is 0 Å². The van der Waals surface area contributed by atoms with E-state index >= 15 is 0 Å². The second kappa shape index (κ2) is 4.71. The minimum absolute atomic E-state index is 0.0538. The van der Waals surface area contributed by atoms with Crippen LogP contribution in [0.5, 0.6) is 0 Å². The highest BCUT2D eigenvalue weighted by atomic mass is 16.1. The molecule has 2 aromatic rings. The van der Waals surface area contributed by atoms with Gasteiger partial charge in [-0.15, -0.1) is 0 Å². The molecule has 3 rings (SSSR count). The molecule has 4 nitrogen and oxygen atoms in total. The SMILES string of the molecule is C=C1CCC(n2cnc3cccc(C)c3c2=O)C(=O)C1. The van der Waals surface area contributed by atoms with E-state index in [-0.39, 0.29) is 11.3 Å². The number of allylic oxidation sites excluding steroid dienone is 1. The van der Waals surface area contributed by atoms with Gasteiger partial charge in [0.1, 0.15) is 0 Å². The molecule has 1 aromatic heterocycles. The summed E-state index contributed by atoms with van der Waals surface area (Å²) in [6, 6.07) is 5.19. The molecule has 1 fully saturated rings. The van der Waals surface area contributed by atoms with E-state index in [1.54, 1.807) is 0 Å². The van der Waals surface area contributed by atoms with Crippen molar-refractivity contribution in [3.8, 4) is 0 Å². The number of carbonyl (C=O) groups is 1. The molecule has 0 bridgehead atoms. The number of Topliss-reactive ketones (excluding diaryl/α,β-unsaturated/α-hetero) is 1. The van der Waals surface area contributed by atoms with Crippen molar-refractivity contribution >= 4 is 16.7 Å². The number of aryl methyl sites for hydroxylation is 1. The predicted octanol–water partition coefficient (Wildman–Crippen LogP) is 2.56. The molecule has 1 unspecified atom stereocenters. The molecule has 4 heteroatoms. The van der Waals surface area contributed by atoms with Crippen molar-refractivity contribution < 1.29 is 4.79 Å². The van der Waals surface area contributed by atoms with E-state index < -0.39 is 6.04 Å². The summed E-state index contributed by atoms with van der Waals surface area (Å²) in [5.74, 6) is 0.0538. The maximum Gasteiger partial charge on any atom is 0.262 e. The molecular formula is C16H16N2O2. The van der Waals surface area contributed by atoms with E-state index in [4.69, 9.17) is 0 Å². The number of hydrogen-bond acceptors (Lipinski definition) is 3. The monoisotopic (exact) mass is 268 g/mol. The Morgan fingerprint density at radius 2 is 2.15 bits per heavy atom. The van der Waals surface area contributed by atoms with Gasteiger partial charge < -0.3 is 0 Å². The number of nitrogens with zero attached hydrogens (tertiary/aromatic N) is 2. The van der Waals surface area contributed by atoms with Crippen molar-refractivity contribution in [2.24, 2.45) is 0 Å². The van der Waals surface area contributed by atoms with E-state index in [1.807, 2.05) is 25.1 Å². The lowest BCUT2D eigenvalue weighted by Crippen LogP contribution is -2.32. The summed E-state index contributed by atoms with van der Waals surface area (Å²) in [5, 5.41) is 0.604. The molecule has 1 saturated carbocycles. The molecule has 1 aliphatic rings. The van der Waals surface area contributed by atoms with Crippen molar-refractivity contribution in [3.63, 3.8) is 0 Å². The first-order valence-electron chi connectivity index (χ1n) is 6.74. The average molecular weight is 268 g/mol. The van der Waals surface area contributed by atoms with E-state index in [2.05, 4.69) is 11.6 Å². The first-order chi connectivity index (χ1) is 9.58. The topological polar surface area (TPSA) is 52.0 Å². The molecule has 0 saturated heterocycles.